The third kappa shape index (κ3) is 3.79. The van der Waals surface area contributed by atoms with Gasteiger partial charge in [-0.05, 0) is 11.1 Å². The molecular formula is C20H14N2O3S2. The summed E-state index contributed by atoms with van der Waals surface area (Å²) in [6.45, 7) is 0. The predicted octanol–water partition coefficient (Wildman–Crippen LogP) is 4.33. The van der Waals surface area contributed by atoms with Gasteiger partial charge >= 0.3 is 0 Å². The summed E-state index contributed by atoms with van der Waals surface area (Å²) < 4.78 is 1.13. The lowest BCUT2D eigenvalue weighted by Crippen LogP contribution is -2.02. The Morgan fingerprint density at radius 3 is 2.52 bits per heavy atom. The Bertz CT molecular complexity index is 1170. The fourth-order valence-corrected chi connectivity index (χ4v) is 4.56. The molecular weight excluding hydrogens is 380 g/mol. The van der Waals surface area contributed by atoms with Crippen molar-refractivity contribution >= 4 is 39.2 Å². The number of carbonyl (C=O) groups excluding carboxylic acids is 1. The summed E-state index contributed by atoms with van der Waals surface area (Å²) in [5, 5.41) is 9.81. The van der Waals surface area contributed by atoms with E-state index in [2.05, 4.69) is 9.97 Å². The minimum absolute atomic E-state index is 0.00316. The topological polar surface area (TPSA) is 83.0 Å². The Morgan fingerprint density at radius 1 is 1.07 bits per heavy atom. The molecule has 0 aliphatic rings. The molecule has 0 spiro atoms. The lowest BCUT2D eigenvalue weighted by molar-refractivity contribution is 0.102. The monoisotopic (exact) mass is 394 g/mol. The van der Waals surface area contributed by atoms with Crippen LogP contribution in [0.1, 0.15) is 10.4 Å². The van der Waals surface area contributed by atoms with E-state index < -0.39 is 5.56 Å². The molecule has 4 rings (SSSR count). The number of carbonyl (C=O) groups is 1. The van der Waals surface area contributed by atoms with Crippen molar-refractivity contribution in [3.63, 3.8) is 0 Å². The van der Waals surface area contributed by atoms with Gasteiger partial charge in [0.25, 0.3) is 5.56 Å². The second kappa shape index (κ2) is 7.38. The number of Topliss-reactive ketones (excluding diaryl/α,β-unsaturated/α-hetero) is 1. The van der Waals surface area contributed by atoms with Gasteiger partial charge in [-0.15, -0.1) is 11.3 Å². The van der Waals surface area contributed by atoms with E-state index >= 15 is 0 Å². The third-order valence-corrected chi connectivity index (χ3v) is 6.21. The van der Waals surface area contributed by atoms with Crippen LogP contribution in [-0.4, -0.2) is 26.6 Å². The fraction of sp³-hybridized carbons (Fsp3) is 0.0500. The number of hydrogen-bond acceptors (Lipinski definition) is 6. The molecule has 0 saturated heterocycles. The lowest BCUT2D eigenvalue weighted by atomic mass is 10.0. The minimum Gasteiger partial charge on any atom is -0.506 e. The van der Waals surface area contributed by atoms with Crippen molar-refractivity contribution in [2.24, 2.45) is 0 Å². The minimum atomic E-state index is -0.406. The first-order chi connectivity index (χ1) is 13.1. The van der Waals surface area contributed by atoms with Gasteiger partial charge in [0.1, 0.15) is 10.4 Å². The van der Waals surface area contributed by atoms with Crippen molar-refractivity contribution in [2.45, 2.75) is 4.34 Å². The van der Waals surface area contributed by atoms with Gasteiger partial charge in [-0.25, -0.2) is 4.98 Å². The highest BCUT2D eigenvalue weighted by Crippen LogP contribution is 2.33. The molecule has 7 heteroatoms. The molecule has 0 bridgehead atoms. The van der Waals surface area contributed by atoms with Crippen molar-refractivity contribution in [3.8, 4) is 16.9 Å². The van der Waals surface area contributed by atoms with Crippen LogP contribution in [0.25, 0.3) is 21.5 Å². The number of rotatable bonds is 5. The van der Waals surface area contributed by atoms with Crippen LogP contribution in [0.2, 0.25) is 0 Å². The number of aromatic amines is 1. The zero-order valence-electron chi connectivity index (χ0n) is 14.0. The molecule has 2 aromatic heterocycles. The molecule has 2 aromatic carbocycles. The Kier molecular flexibility index (Phi) is 4.79. The van der Waals surface area contributed by atoms with Gasteiger partial charge in [0.2, 0.25) is 0 Å². The first kappa shape index (κ1) is 17.5. The average Bonchev–Trinajstić information content (AvgIpc) is 3.10. The average molecular weight is 394 g/mol. The van der Waals surface area contributed by atoms with Gasteiger partial charge in [-0.3, -0.25) is 9.59 Å². The Balaban J connectivity index is 1.46. The summed E-state index contributed by atoms with van der Waals surface area (Å²) in [5.74, 6) is 0.132. The molecule has 4 aromatic rings. The molecule has 0 atom stereocenters. The number of hydrogen-bond donors (Lipinski definition) is 2. The highest BCUT2D eigenvalue weighted by Gasteiger charge is 2.13. The van der Waals surface area contributed by atoms with Gasteiger partial charge < -0.3 is 10.1 Å². The van der Waals surface area contributed by atoms with Crippen LogP contribution < -0.4 is 5.56 Å². The smallest absolute Gasteiger partial charge is 0.253 e. The van der Waals surface area contributed by atoms with Crippen molar-refractivity contribution < 1.29 is 9.90 Å². The number of nitrogens with zero attached hydrogens (tertiary/aromatic N) is 1. The molecule has 5 nitrogen and oxygen atoms in total. The number of aromatic nitrogens is 2. The van der Waals surface area contributed by atoms with Gasteiger partial charge in [-0.1, -0.05) is 66.4 Å². The fourth-order valence-electron chi connectivity index (χ4n) is 2.65. The van der Waals surface area contributed by atoms with E-state index in [1.807, 2.05) is 54.6 Å². The van der Waals surface area contributed by atoms with E-state index in [4.69, 9.17) is 0 Å². The number of nitrogens with one attached hydrogen (secondary N) is 1. The Labute approximate surface area is 162 Å². The molecule has 0 radical (unpaired) electrons. The maximum absolute atomic E-state index is 12.5. The van der Waals surface area contributed by atoms with Gasteiger partial charge in [0, 0.05) is 11.6 Å². The van der Waals surface area contributed by atoms with E-state index in [1.165, 1.54) is 23.1 Å². The summed E-state index contributed by atoms with van der Waals surface area (Å²) >= 11 is 2.54. The van der Waals surface area contributed by atoms with Gasteiger partial charge in [-0.2, -0.15) is 0 Å². The van der Waals surface area contributed by atoms with Crippen LogP contribution in [0.5, 0.6) is 5.75 Å². The maximum atomic E-state index is 12.5. The summed E-state index contributed by atoms with van der Waals surface area (Å²) in [7, 11) is 0. The quantitative estimate of drug-likeness (QED) is 0.389. The first-order valence-electron chi connectivity index (χ1n) is 8.14. The largest absolute Gasteiger partial charge is 0.506 e. The molecule has 2 heterocycles. The highest BCUT2D eigenvalue weighted by atomic mass is 32.2. The normalized spacial score (nSPS) is 11.0. The highest BCUT2D eigenvalue weighted by molar-refractivity contribution is 8.01. The SMILES string of the molecule is O=C(CSc1nc2[nH]c(=O)cc(O)c2s1)c1ccc(-c2ccccc2)cc1. The number of ketones is 1. The number of thioether (sulfide) groups is 1. The van der Waals surface area contributed by atoms with Crippen molar-refractivity contribution in [3.05, 3.63) is 76.6 Å². The molecule has 27 heavy (non-hydrogen) atoms. The van der Waals surface area contributed by atoms with Crippen LogP contribution >= 0.6 is 23.1 Å². The summed E-state index contributed by atoms with van der Waals surface area (Å²) in [6.07, 6.45) is 0. The molecule has 0 aliphatic carbocycles. The predicted molar refractivity (Wildman–Crippen MR) is 109 cm³/mol. The van der Waals surface area contributed by atoms with Crippen LogP contribution in [0.15, 0.2) is 69.8 Å². The van der Waals surface area contributed by atoms with Crippen LogP contribution in [0.3, 0.4) is 0 Å². The van der Waals surface area contributed by atoms with E-state index in [1.54, 1.807) is 0 Å². The zero-order valence-corrected chi connectivity index (χ0v) is 15.6. The number of fused-ring (bicyclic) bond motifs is 1. The number of thiazole rings is 1. The Morgan fingerprint density at radius 2 is 1.78 bits per heavy atom. The molecule has 0 unspecified atom stereocenters. The van der Waals surface area contributed by atoms with Crippen LogP contribution in [0, 0.1) is 0 Å². The molecule has 2 N–H and O–H groups in total. The van der Waals surface area contributed by atoms with Gasteiger partial charge in [0.15, 0.2) is 15.8 Å². The molecule has 0 fully saturated rings. The van der Waals surface area contributed by atoms with E-state index in [0.29, 0.717) is 20.3 Å². The molecule has 0 amide bonds. The van der Waals surface area contributed by atoms with E-state index in [9.17, 15) is 14.7 Å². The third-order valence-electron chi connectivity index (χ3n) is 3.99. The van der Waals surface area contributed by atoms with E-state index in [-0.39, 0.29) is 17.3 Å². The molecule has 0 aliphatic heterocycles. The van der Waals surface area contributed by atoms with E-state index in [0.717, 1.165) is 17.2 Å². The lowest BCUT2D eigenvalue weighted by Gasteiger charge is -2.03. The first-order valence-corrected chi connectivity index (χ1v) is 9.95. The van der Waals surface area contributed by atoms with Crippen LogP contribution in [0.4, 0.5) is 0 Å². The van der Waals surface area contributed by atoms with Gasteiger partial charge in [0.05, 0.1) is 5.75 Å². The summed E-state index contributed by atoms with van der Waals surface area (Å²) in [6, 6.07) is 18.6. The number of pyridine rings is 1. The van der Waals surface area contributed by atoms with Crippen molar-refractivity contribution in [1.82, 2.24) is 9.97 Å². The second-order valence-corrected chi connectivity index (χ2v) is 8.05. The number of H-pyrrole nitrogens is 1. The standard InChI is InChI=1S/C20H14N2O3S2/c23-15-10-17(25)21-19-18(15)27-20(22-19)26-11-16(24)14-8-6-13(7-9-14)12-4-2-1-3-5-12/h1-10H,11H2,(H2,21,23,25). The van der Waals surface area contributed by atoms with Crippen LogP contribution in [-0.2, 0) is 0 Å². The van der Waals surface area contributed by atoms with Crippen molar-refractivity contribution in [1.29, 1.82) is 0 Å². The molecule has 134 valence electrons. The zero-order chi connectivity index (χ0) is 18.8. The summed E-state index contributed by atoms with van der Waals surface area (Å²) in [4.78, 5) is 30.7. The van der Waals surface area contributed by atoms with Crippen molar-refractivity contribution in [2.75, 3.05) is 5.75 Å². The Hall–Kier alpha value is -2.90. The number of benzene rings is 2. The number of aromatic hydroxyl groups is 1. The maximum Gasteiger partial charge on any atom is 0.253 e. The second-order valence-electron chi connectivity index (χ2n) is 5.83. The molecule has 0 saturated carbocycles. The summed E-state index contributed by atoms with van der Waals surface area (Å²) in [5.41, 5.74) is 2.74.